The molecule has 0 radical (unpaired) electrons. The quantitative estimate of drug-likeness (QED) is 0.349. The van der Waals surface area contributed by atoms with Gasteiger partial charge in [-0.1, -0.05) is 51.3 Å². The molecule has 7 heteroatoms. The predicted octanol–water partition coefficient (Wildman–Crippen LogP) is 7.48. The van der Waals surface area contributed by atoms with E-state index >= 15 is 0 Å². The second kappa shape index (κ2) is 10.2. The van der Waals surface area contributed by atoms with Gasteiger partial charge in [0, 0.05) is 21.7 Å². The molecule has 0 saturated carbocycles. The van der Waals surface area contributed by atoms with Crippen molar-refractivity contribution < 1.29 is 13.9 Å². The third kappa shape index (κ3) is 6.01. The minimum Gasteiger partial charge on any atom is -0.490 e. The molecule has 0 spiro atoms. The van der Waals surface area contributed by atoms with E-state index in [0.717, 1.165) is 21.3 Å². The molecule has 0 saturated heterocycles. The van der Waals surface area contributed by atoms with Crippen LogP contribution in [0.2, 0.25) is 10.0 Å². The first-order chi connectivity index (χ1) is 14.0. The van der Waals surface area contributed by atoms with Crippen LogP contribution in [-0.2, 0) is 13.2 Å². The maximum absolute atomic E-state index is 13.3. The Bertz CT molecular complexity index is 983. The van der Waals surface area contributed by atoms with Crippen LogP contribution >= 0.6 is 39.1 Å². The molecule has 29 heavy (non-hydrogen) atoms. The Balaban J connectivity index is 1.74. The molecule has 0 fully saturated rings. The molecule has 3 aromatic rings. The van der Waals surface area contributed by atoms with Crippen LogP contribution in [0.3, 0.4) is 0 Å². The second-order valence-electron chi connectivity index (χ2n) is 6.22. The molecule has 0 amide bonds. The summed E-state index contributed by atoms with van der Waals surface area (Å²) in [5, 5.41) is 4.00. The lowest BCUT2D eigenvalue weighted by atomic mass is 10.2. The average Bonchev–Trinajstić information content (AvgIpc) is 2.70. The fraction of sp³-hybridized carbons (Fsp3) is 0.182. The lowest BCUT2D eigenvalue weighted by molar-refractivity contribution is 0.269. The Morgan fingerprint density at radius 1 is 0.966 bits per heavy atom. The monoisotopic (exact) mass is 497 g/mol. The molecular formula is C22H19BrCl2FNO2. The SMILES string of the molecule is CCOc1cc(CNc2ccc(F)c(Cl)c2)c(Br)cc1OCc1ccc(Cl)cc1. The number of benzene rings is 3. The van der Waals surface area contributed by atoms with Gasteiger partial charge in [-0.3, -0.25) is 0 Å². The van der Waals surface area contributed by atoms with Crippen molar-refractivity contribution in [1.82, 2.24) is 0 Å². The van der Waals surface area contributed by atoms with E-state index in [1.807, 2.05) is 43.3 Å². The zero-order valence-corrected chi connectivity index (χ0v) is 18.7. The fourth-order valence-electron chi connectivity index (χ4n) is 2.64. The highest BCUT2D eigenvalue weighted by molar-refractivity contribution is 9.10. The number of ether oxygens (including phenoxy) is 2. The van der Waals surface area contributed by atoms with E-state index in [1.165, 1.54) is 6.07 Å². The summed E-state index contributed by atoms with van der Waals surface area (Å²) in [7, 11) is 0. The van der Waals surface area contributed by atoms with E-state index in [-0.39, 0.29) is 5.02 Å². The van der Waals surface area contributed by atoms with Crippen LogP contribution in [0.5, 0.6) is 11.5 Å². The Hall–Kier alpha value is -1.95. The van der Waals surface area contributed by atoms with Gasteiger partial charge in [0.25, 0.3) is 0 Å². The third-order valence-electron chi connectivity index (χ3n) is 4.12. The summed E-state index contributed by atoms with van der Waals surface area (Å²) in [6.45, 7) is 3.33. The number of nitrogens with one attached hydrogen (secondary N) is 1. The van der Waals surface area contributed by atoms with Gasteiger partial charge in [0.1, 0.15) is 12.4 Å². The maximum Gasteiger partial charge on any atom is 0.162 e. The molecule has 0 aliphatic heterocycles. The summed E-state index contributed by atoms with van der Waals surface area (Å²) >= 11 is 15.4. The van der Waals surface area contributed by atoms with Gasteiger partial charge in [-0.2, -0.15) is 0 Å². The summed E-state index contributed by atoms with van der Waals surface area (Å²) < 4.78 is 25.9. The zero-order chi connectivity index (χ0) is 20.8. The summed E-state index contributed by atoms with van der Waals surface area (Å²) in [5.74, 6) is 0.847. The summed E-state index contributed by atoms with van der Waals surface area (Å²) in [6.07, 6.45) is 0. The first-order valence-corrected chi connectivity index (χ1v) is 10.5. The Labute approximate surface area is 187 Å². The van der Waals surface area contributed by atoms with Gasteiger partial charge in [0.2, 0.25) is 0 Å². The fourth-order valence-corrected chi connectivity index (χ4v) is 3.41. The molecule has 3 aromatic carbocycles. The third-order valence-corrected chi connectivity index (χ3v) is 5.40. The largest absolute Gasteiger partial charge is 0.490 e. The van der Waals surface area contributed by atoms with Crippen molar-refractivity contribution in [2.75, 3.05) is 11.9 Å². The second-order valence-corrected chi connectivity index (χ2v) is 7.92. The average molecular weight is 499 g/mol. The van der Waals surface area contributed by atoms with E-state index in [4.69, 9.17) is 32.7 Å². The molecule has 3 nitrogen and oxygen atoms in total. The zero-order valence-electron chi connectivity index (χ0n) is 15.6. The predicted molar refractivity (Wildman–Crippen MR) is 120 cm³/mol. The van der Waals surface area contributed by atoms with Crippen LogP contribution in [0.15, 0.2) is 59.1 Å². The van der Waals surface area contributed by atoms with Crippen LogP contribution in [0.4, 0.5) is 10.1 Å². The molecule has 152 valence electrons. The maximum atomic E-state index is 13.3. The van der Waals surface area contributed by atoms with E-state index in [9.17, 15) is 4.39 Å². The van der Waals surface area contributed by atoms with Crippen LogP contribution in [0.1, 0.15) is 18.1 Å². The van der Waals surface area contributed by atoms with Gasteiger partial charge in [-0.25, -0.2) is 4.39 Å². The highest BCUT2D eigenvalue weighted by atomic mass is 79.9. The molecule has 1 N–H and O–H groups in total. The van der Waals surface area contributed by atoms with E-state index in [0.29, 0.717) is 36.3 Å². The van der Waals surface area contributed by atoms with Crippen molar-refractivity contribution in [2.24, 2.45) is 0 Å². The van der Waals surface area contributed by atoms with Gasteiger partial charge < -0.3 is 14.8 Å². The van der Waals surface area contributed by atoms with Crippen LogP contribution in [-0.4, -0.2) is 6.61 Å². The molecule has 0 bridgehead atoms. The molecule has 0 aromatic heterocycles. The van der Waals surface area contributed by atoms with Crippen molar-refractivity contribution in [1.29, 1.82) is 0 Å². The lowest BCUT2D eigenvalue weighted by Crippen LogP contribution is -2.04. The van der Waals surface area contributed by atoms with Gasteiger partial charge in [-0.05, 0) is 60.5 Å². The van der Waals surface area contributed by atoms with Crippen molar-refractivity contribution in [3.63, 3.8) is 0 Å². The molecule has 0 atom stereocenters. The summed E-state index contributed by atoms with van der Waals surface area (Å²) in [4.78, 5) is 0. The van der Waals surface area contributed by atoms with Crippen LogP contribution < -0.4 is 14.8 Å². The van der Waals surface area contributed by atoms with Crippen molar-refractivity contribution in [3.8, 4) is 11.5 Å². The molecule has 0 aliphatic rings. The molecule has 0 aliphatic carbocycles. The number of halogens is 4. The highest BCUT2D eigenvalue weighted by Gasteiger charge is 2.12. The minimum atomic E-state index is -0.445. The van der Waals surface area contributed by atoms with Crippen molar-refractivity contribution in [3.05, 3.63) is 86.1 Å². The Kier molecular flexibility index (Phi) is 7.64. The standard InChI is InChI=1S/C22H19BrCl2FNO2/c1-2-28-21-9-15(12-27-17-7-8-20(26)19(25)10-17)18(23)11-22(21)29-13-14-3-5-16(24)6-4-14/h3-11,27H,2,12-13H2,1H3. The smallest absolute Gasteiger partial charge is 0.162 e. The summed E-state index contributed by atoms with van der Waals surface area (Å²) in [6, 6.07) is 15.8. The molecule has 3 rings (SSSR count). The molecule has 0 unspecified atom stereocenters. The highest BCUT2D eigenvalue weighted by Crippen LogP contribution is 2.35. The van der Waals surface area contributed by atoms with Gasteiger partial charge in [0.15, 0.2) is 11.5 Å². The Morgan fingerprint density at radius 3 is 2.38 bits per heavy atom. The van der Waals surface area contributed by atoms with Gasteiger partial charge in [-0.15, -0.1) is 0 Å². The Morgan fingerprint density at radius 2 is 1.69 bits per heavy atom. The van der Waals surface area contributed by atoms with E-state index in [1.54, 1.807) is 12.1 Å². The molecule has 0 heterocycles. The normalized spacial score (nSPS) is 10.7. The van der Waals surface area contributed by atoms with E-state index in [2.05, 4.69) is 21.2 Å². The van der Waals surface area contributed by atoms with Crippen LogP contribution in [0, 0.1) is 5.82 Å². The number of anilines is 1. The van der Waals surface area contributed by atoms with Crippen molar-refractivity contribution >= 4 is 44.8 Å². The van der Waals surface area contributed by atoms with Gasteiger partial charge >= 0.3 is 0 Å². The van der Waals surface area contributed by atoms with E-state index < -0.39 is 5.82 Å². The number of hydrogen-bond acceptors (Lipinski definition) is 3. The lowest BCUT2D eigenvalue weighted by Gasteiger charge is -2.16. The number of hydrogen-bond donors (Lipinski definition) is 1. The van der Waals surface area contributed by atoms with Crippen LogP contribution in [0.25, 0.3) is 0 Å². The topological polar surface area (TPSA) is 30.5 Å². The van der Waals surface area contributed by atoms with Gasteiger partial charge in [0.05, 0.1) is 11.6 Å². The van der Waals surface area contributed by atoms with Crippen molar-refractivity contribution in [2.45, 2.75) is 20.1 Å². The number of rotatable bonds is 8. The minimum absolute atomic E-state index is 0.0787. The summed E-state index contributed by atoms with van der Waals surface area (Å²) in [5.41, 5.74) is 2.70. The first-order valence-electron chi connectivity index (χ1n) is 8.97. The molecular weight excluding hydrogens is 480 g/mol. The first kappa shape index (κ1) is 21.8.